The van der Waals surface area contributed by atoms with Gasteiger partial charge in [0.05, 0.1) is 25.2 Å². The highest BCUT2D eigenvalue weighted by Gasteiger charge is 2.24. The van der Waals surface area contributed by atoms with Gasteiger partial charge in [-0.1, -0.05) is 248 Å². The number of aliphatic hydroxyl groups is 2. The number of unbranched alkanes of at least 4 members (excludes halogenated alkanes) is 23. The monoisotopic (exact) mass is 880 g/mol. The molecule has 0 saturated carbocycles. The van der Waals surface area contributed by atoms with Gasteiger partial charge in [-0.3, -0.25) is 9.59 Å². The largest absolute Gasteiger partial charge is 0.462 e. The average molecular weight is 880 g/mol. The molecule has 63 heavy (non-hydrogen) atoms. The van der Waals surface area contributed by atoms with Crippen molar-refractivity contribution in [2.75, 3.05) is 6.61 Å². The summed E-state index contributed by atoms with van der Waals surface area (Å²) in [5.74, 6) is -0.573. The van der Waals surface area contributed by atoms with Crippen molar-refractivity contribution in [3.05, 3.63) is 72.9 Å². The van der Waals surface area contributed by atoms with Gasteiger partial charge in [0.1, 0.15) is 6.10 Å². The van der Waals surface area contributed by atoms with Crippen LogP contribution in [0.2, 0.25) is 0 Å². The molecule has 0 fully saturated rings. The lowest BCUT2D eigenvalue weighted by Crippen LogP contribution is -2.46. The normalized spacial score (nSPS) is 13.8. The van der Waals surface area contributed by atoms with E-state index in [1.807, 2.05) is 6.08 Å². The summed E-state index contributed by atoms with van der Waals surface area (Å²) in [6.45, 7) is 6.35. The van der Waals surface area contributed by atoms with Gasteiger partial charge in [0.25, 0.3) is 0 Å². The summed E-state index contributed by atoms with van der Waals surface area (Å²) >= 11 is 0. The third-order valence-corrected chi connectivity index (χ3v) is 11.8. The molecule has 6 nitrogen and oxygen atoms in total. The van der Waals surface area contributed by atoms with Gasteiger partial charge in [0.2, 0.25) is 5.91 Å². The van der Waals surface area contributed by atoms with Gasteiger partial charge in [-0.25, -0.2) is 0 Å². The highest BCUT2D eigenvalue weighted by molar-refractivity contribution is 5.77. The predicted molar refractivity (Wildman–Crippen MR) is 273 cm³/mol. The Bertz CT molecular complexity index is 1170. The van der Waals surface area contributed by atoms with Crippen molar-refractivity contribution in [3.8, 4) is 0 Å². The van der Waals surface area contributed by atoms with E-state index < -0.39 is 18.2 Å². The second-order valence-electron chi connectivity index (χ2n) is 17.9. The molecule has 1 amide bonds. The molecule has 3 atom stereocenters. The molecule has 3 unspecified atom stereocenters. The minimum Gasteiger partial charge on any atom is -0.462 e. The number of carbonyl (C=O) groups is 2. The average Bonchev–Trinajstić information content (AvgIpc) is 3.28. The first-order chi connectivity index (χ1) is 31.0. The third-order valence-electron chi connectivity index (χ3n) is 11.8. The predicted octanol–water partition coefficient (Wildman–Crippen LogP) is 16.2. The maximum Gasteiger partial charge on any atom is 0.306 e. The van der Waals surface area contributed by atoms with E-state index in [1.54, 1.807) is 0 Å². The maximum absolute atomic E-state index is 13.2. The zero-order valence-corrected chi connectivity index (χ0v) is 41.4. The standard InChI is InChI=1S/C57H101NO5/c1-4-7-10-13-16-19-21-23-25-27-28-29-31-33-35-38-41-44-47-50-57(62)63-53(48-45-42-39-36-18-15-12-9-6-3)51-56(61)58-54(52-59)55(60)49-46-43-40-37-34-32-30-26-24-22-20-17-14-11-8-5-2/h7,10,16,19,23,25,28-29,33,35,41,44,53-55,59-60H,4-6,8-9,11-15,17-18,20-22,24,26-27,30-32,34,36-40,42-43,45-52H2,1-3H3,(H,58,61)/b10-7-,19-16-,25-23-,29-28-,35-33-,44-41-. The zero-order valence-electron chi connectivity index (χ0n) is 41.4. The number of hydrogen-bond donors (Lipinski definition) is 3. The molecule has 364 valence electrons. The Kier molecular flexibility index (Phi) is 48.1. The van der Waals surface area contributed by atoms with Crippen LogP contribution in [0.15, 0.2) is 72.9 Å². The summed E-state index contributed by atoms with van der Waals surface area (Å²) in [6.07, 6.45) is 64.1. The minimum absolute atomic E-state index is 0.0466. The molecule has 0 aliphatic rings. The Morgan fingerprint density at radius 2 is 0.825 bits per heavy atom. The quantitative estimate of drug-likeness (QED) is 0.0321. The van der Waals surface area contributed by atoms with Crippen LogP contribution in [0.4, 0.5) is 0 Å². The number of rotatable bonds is 47. The van der Waals surface area contributed by atoms with Crippen LogP contribution in [0.25, 0.3) is 0 Å². The molecule has 0 bridgehead atoms. The molecule has 0 spiro atoms. The summed E-state index contributed by atoms with van der Waals surface area (Å²) < 4.78 is 5.88. The van der Waals surface area contributed by atoms with Crippen LogP contribution >= 0.6 is 0 Å². The number of carbonyl (C=O) groups excluding carboxylic acids is 2. The van der Waals surface area contributed by atoms with Crippen LogP contribution in [0.3, 0.4) is 0 Å². The van der Waals surface area contributed by atoms with Gasteiger partial charge >= 0.3 is 5.97 Å². The van der Waals surface area contributed by atoms with Crippen LogP contribution in [-0.2, 0) is 14.3 Å². The zero-order chi connectivity index (χ0) is 45.9. The Morgan fingerprint density at radius 1 is 0.476 bits per heavy atom. The van der Waals surface area contributed by atoms with Gasteiger partial charge in [0.15, 0.2) is 0 Å². The fourth-order valence-corrected chi connectivity index (χ4v) is 7.81. The molecular weight excluding hydrogens is 779 g/mol. The Hall–Kier alpha value is -2.70. The van der Waals surface area contributed by atoms with E-state index >= 15 is 0 Å². The number of ether oxygens (including phenoxy) is 1. The van der Waals surface area contributed by atoms with Gasteiger partial charge < -0.3 is 20.3 Å². The van der Waals surface area contributed by atoms with Crippen molar-refractivity contribution < 1.29 is 24.5 Å². The van der Waals surface area contributed by atoms with Gasteiger partial charge in [0, 0.05) is 6.42 Å². The lowest BCUT2D eigenvalue weighted by Gasteiger charge is -2.24. The van der Waals surface area contributed by atoms with Gasteiger partial charge in [-0.15, -0.1) is 0 Å². The fraction of sp³-hybridized carbons (Fsp3) is 0.754. The number of esters is 1. The van der Waals surface area contributed by atoms with Crippen LogP contribution in [0.5, 0.6) is 0 Å². The number of hydrogen-bond acceptors (Lipinski definition) is 5. The molecular formula is C57H101NO5. The third kappa shape index (κ3) is 45.7. The van der Waals surface area contributed by atoms with Crippen molar-refractivity contribution in [2.24, 2.45) is 0 Å². The highest BCUT2D eigenvalue weighted by Crippen LogP contribution is 2.18. The Balaban J connectivity index is 4.54. The van der Waals surface area contributed by atoms with Crippen molar-refractivity contribution in [3.63, 3.8) is 0 Å². The van der Waals surface area contributed by atoms with Crippen LogP contribution in [0, 0.1) is 0 Å². The number of amides is 1. The maximum atomic E-state index is 13.2. The molecule has 0 aromatic rings. The summed E-state index contributed by atoms with van der Waals surface area (Å²) in [6, 6.07) is -0.717. The molecule has 0 aliphatic carbocycles. The number of aliphatic hydroxyl groups excluding tert-OH is 2. The smallest absolute Gasteiger partial charge is 0.306 e. The van der Waals surface area contributed by atoms with E-state index in [2.05, 4.69) is 92.9 Å². The molecule has 0 aliphatic heterocycles. The molecule has 0 rings (SSSR count). The van der Waals surface area contributed by atoms with Crippen molar-refractivity contribution >= 4 is 11.9 Å². The summed E-state index contributed by atoms with van der Waals surface area (Å²) in [5, 5.41) is 23.8. The second-order valence-corrected chi connectivity index (χ2v) is 17.9. The van der Waals surface area contributed by atoms with E-state index in [0.717, 1.165) is 77.0 Å². The van der Waals surface area contributed by atoms with Crippen LogP contribution < -0.4 is 5.32 Å². The lowest BCUT2D eigenvalue weighted by atomic mass is 10.0. The van der Waals surface area contributed by atoms with Gasteiger partial charge in [-0.2, -0.15) is 0 Å². The van der Waals surface area contributed by atoms with Gasteiger partial charge in [-0.05, 0) is 64.2 Å². The van der Waals surface area contributed by atoms with E-state index in [0.29, 0.717) is 19.3 Å². The Labute approximate surface area is 390 Å². The van der Waals surface area contributed by atoms with Crippen molar-refractivity contribution in [1.82, 2.24) is 5.32 Å². The van der Waals surface area contributed by atoms with E-state index in [-0.39, 0.29) is 31.3 Å². The molecule has 0 aromatic heterocycles. The summed E-state index contributed by atoms with van der Waals surface area (Å²) in [5.41, 5.74) is 0. The van der Waals surface area contributed by atoms with Crippen LogP contribution in [-0.4, -0.2) is 46.9 Å². The lowest BCUT2D eigenvalue weighted by molar-refractivity contribution is -0.150. The summed E-state index contributed by atoms with van der Waals surface area (Å²) in [4.78, 5) is 26.1. The molecule has 0 radical (unpaired) electrons. The van der Waals surface area contributed by atoms with Crippen LogP contribution in [0.1, 0.15) is 252 Å². The minimum atomic E-state index is -0.801. The van der Waals surface area contributed by atoms with E-state index in [4.69, 9.17) is 4.74 Å². The molecule has 3 N–H and O–H groups in total. The first-order valence-electron chi connectivity index (χ1n) is 26.7. The number of allylic oxidation sites excluding steroid dienone is 12. The first-order valence-corrected chi connectivity index (χ1v) is 26.7. The topological polar surface area (TPSA) is 95.9 Å². The van der Waals surface area contributed by atoms with E-state index in [9.17, 15) is 19.8 Å². The highest BCUT2D eigenvalue weighted by atomic mass is 16.5. The summed E-state index contributed by atoms with van der Waals surface area (Å²) in [7, 11) is 0. The van der Waals surface area contributed by atoms with Crippen molar-refractivity contribution in [2.45, 2.75) is 270 Å². The molecule has 0 saturated heterocycles. The second kappa shape index (κ2) is 50.3. The number of nitrogens with one attached hydrogen (secondary N) is 1. The van der Waals surface area contributed by atoms with Crippen molar-refractivity contribution in [1.29, 1.82) is 0 Å². The molecule has 6 heteroatoms. The molecule has 0 heterocycles. The Morgan fingerprint density at radius 3 is 1.21 bits per heavy atom. The fourth-order valence-electron chi connectivity index (χ4n) is 7.81. The van der Waals surface area contributed by atoms with E-state index in [1.165, 1.54) is 122 Å². The SMILES string of the molecule is CC/C=C\C/C=C\C/C=C\C/C=C\C/C=C\C/C=C\CCC(=O)OC(CCCCCCCCCCC)CC(=O)NC(CO)C(O)CCCCCCCCCCCCCCCCCC. The first kappa shape index (κ1) is 60.3. The molecule has 0 aromatic carbocycles.